The Morgan fingerprint density at radius 2 is 1.88 bits per heavy atom. The van der Waals surface area contributed by atoms with E-state index >= 15 is 0 Å². The van der Waals surface area contributed by atoms with Gasteiger partial charge in [0.15, 0.2) is 0 Å². The lowest BCUT2D eigenvalue weighted by atomic mass is 9.88. The van der Waals surface area contributed by atoms with Crippen LogP contribution in [0.3, 0.4) is 0 Å². The molecule has 0 aliphatic carbocycles. The molecule has 1 aromatic heterocycles. The molecular weight excluding hydrogens is 324 g/mol. The van der Waals surface area contributed by atoms with Crippen LogP contribution in [-0.2, 0) is 6.42 Å². The number of benzene rings is 2. The number of fused-ring (bicyclic) bond motifs is 1. The molecule has 1 aliphatic heterocycles. The van der Waals surface area contributed by atoms with Crippen molar-refractivity contribution in [2.24, 2.45) is 0 Å². The topological polar surface area (TPSA) is 42.4 Å². The summed E-state index contributed by atoms with van der Waals surface area (Å²) in [6.07, 6.45) is 4.41. The fraction of sp³-hybridized carbons (Fsp3) is 0.182. The van der Waals surface area contributed by atoms with Gasteiger partial charge in [0.2, 0.25) is 0 Å². The van der Waals surface area contributed by atoms with E-state index in [0.717, 1.165) is 12.0 Å². The van der Waals surface area contributed by atoms with Crippen molar-refractivity contribution in [2.75, 3.05) is 13.7 Å². The Hall–Kier alpha value is -3.14. The standard InChI is InChI=1S/C22H20N2O2/c1-26-19-7-4-6-18(15-19)22(25)24-14-11-16-5-2-3-8-20(16)21(24)17-9-12-23-13-10-17/h2-10,12-13,15,21H,11,14H2,1H3. The largest absolute Gasteiger partial charge is 0.497 e. The summed E-state index contributed by atoms with van der Waals surface area (Å²) < 4.78 is 5.28. The van der Waals surface area contributed by atoms with Crippen LogP contribution in [0.1, 0.15) is 33.1 Å². The number of ether oxygens (including phenoxy) is 1. The minimum Gasteiger partial charge on any atom is -0.497 e. The number of aromatic nitrogens is 1. The average molecular weight is 344 g/mol. The number of hydrogen-bond donors (Lipinski definition) is 0. The molecule has 0 bridgehead atoms. The number of methoxy groups -OCH3 is 1. The first-order chi connectivity index (χ1) is 12.8. The van der Waals surface area contributed by atoms with Crippen LogP contribution in [0.15, 0.2) is 73.1 Å². The average Bonchev–Trinajstić information content (AvgIpc) is 2.73. The summed E-state index contributed by atoms with van der Waals surface area (Å²) >= 11 is 0. The molecule has 1 amide bonds. The van der Waals surface area contributed by atoms with E-state index in [4.69, 9.17) is 4.74 Å². The third kappa shape index (κ3) is 2.94. The predicted octanol–water partition coefficient (Wildman–Crippen LogP) is 3.88. The van der Waals surface area contributed by atoms with Gasteiger partial charge in [0, 0.05) is 24.5 Å². The number of carbonyl (C=O) groups excluding carboxylic acids is 1. The predicted molar refractivity (Wildman–Crippen MR) is 100 cm³/mol. The van der Waals surface area contributed by atoms with E-state index in [1.54, 1.807) is 25.6 Å². The number of carbonyl (C=O) groups is 1. The second kappa shape index (κ2) is 7.00. The Morgan fingerprint density at radius 1 is 1.08 bits per heavy atom. The number of nitrogens with zero attached hydrogens (tertiary/aromatic N) is 2. The van der Waals surface area contributed by atoms with Gasteiger partial charge in [-0.15, -0.1) is 0 Å². The number of rotatable bonds is 3. The molecule has 1 unspecified atom stereocenters. The van der Waals surface area contributed by atoms with Gasteiger partial charge in [-0.3, -0.25) is 9.78 Å². The molecule has 2 heterocycles. The summed E-state index contributed by atoms with van der Waals surface area (Å²) in [4.78, 5) is 19.4. The number of pyridine rings is 1. The first-order valence-corrected chi connectivity index (χ1v) is 8.70. The second-order valence-electron chi connectivity index (χ2n) is 6.36. The van der Waals surface area contributed by atoms with Crippen LogP contribution in [0.2, 0.25) is 0 Å². The van der Waals surface area contributed by atoms with Crippen LogP contribution in [0.25, 0.3) is 0 Å². The van der Waals surface area contributed by atoms with Gasteiger partial charge in [0.25, 0.3) is 5.91 Å². The van der Waals surface area contributed by atoms with Crippen molar-refractivity contribution in [1.29, 1.82) is 0 Å². The molecule has 1 atom stereocenters. The lowest BCUT2D eigenvalue weighted by Crippen LogP contribution is -2.40. The zero-order valence-electron chi connectivity index (χ0n) is 14.6. The van der Waals surface area contributed by atoms with Gasteiger partial charge in [0.1, 0.15) is 5.75 Å². The molecule has 0 fully saturated rings. The van der Waals surface area contributed by atoms with Gasteiger partial charge in [-0.25, -0.2) is 0 Å². The van der Waals surface area contributed by atoms with Crippen molar-refractivity contribution in [2.45, 2.75) is 12.5 Å². The van der Waals surface area contributed by atoms with E-state index in [1.165, 1.54) is 11.1 Å². The van der Waals surface area contributed by atoms with E-state index in [1.807, 2.05) is 41.3 Å². The molecule has 4 nitrogen and oxygen atoms in total. The molecule has 130 valence electrons. The van der Waals surface area contributed by atoms with Gasteiger partial charge in [0.05, 0.1) is 13.2 Å². The lowest BCUT2D eigenvalue weighted by molar-refractivity contribution is 0.0694. The maximum absolute atomic E-state index is 13.3. The summed E-state index contributed by atoms with van der Waals surface area (Å²) in [5.74, 6) is 0.703. The molecule has 4 heteroatoms. The molecule has 4 rings (SSSR count). The Morgan fingerprint density at radius 3 is 2.69 bits per heavy atom. The first-order valence-electron chi connectivity index (χ1n) is 8.70. The van der Waals surface area contributed by atoms with E-state index in [-0.39, 0.29) is 11.9 Å². The molecule has 0 saturated carbocycles. The Kier molecular flexibility index (Phi) is 4.40. The molecule has 3 aromatic rings. The highest BCUT2D eigenvalue weighted by atomic mass is 16.5. The second-order valence-corrected chi connectivity index (χ2v) is 6.36. The quantitative estimate of drug-likeness (QED) is 0.724. The van der Waals surface area contributed by atoms with Crippen LogP contribution in [0.5, 0.6) is 5.75 Å². The Labute approximate surface area is 153 Å². The minimum absolute atomic E-state index is 0.0141. The van der Waals surface area contributed by atoms with Crippen molar-refractivity contribution in [3.8, 4) is 5.75 Å². The normalized spacial score (nSPS) is 16.0. The summed E-state index contributed by atoms with van der Waals surface area (Å²) in [6, 6.07) is 19.6. The smallest absolute Gasteiger partial charge is 0.254 e. The molecule has 0 spiro atoms. The van der Waals surface area contributed by atoms with Crippen LogP contribution >= 0.6 is 0 Å². The zero-order valence-corrected chi connectivity index (χ0v) is 14.6. The van der Waals surface area contributed by atoms with Gasteiger partial charge >= 0.3 is 0 Å². The van der Waals surface area contributed by atoms with Crippen molar-refractivity contribution in [3.63, 3.8) is 0 Å². The highest BCUT2D eigenvalue weighted by Gasteiger charge is 2.32. The van der Waals surface area contributed by atoms with Gasteiger partial charge in [-0.1, -0.05) is 30.3 Å². The van der Waals surface area contributed by atoms with Gasteiger partial charge < -0.3 is 9.64 Å². The lowest BCUT2D eigenvalue weighted by Gasteiger charge is -2.37. The molecule has 0 N–H and O–H groups in total. The molecule has 26 heavy (non-hydrogen) atoms. The minimum atomic E-state index is -0.110. The van der Waals surface area contributed by atoms with Crippen molar-refractivity contribution in [3.05, 3.63) is 95.3 Å². The van der Waals surface area contributed by atoms with E-state index in [0.29, 0.717) is 17.9 Å². The highest BCUT2D eigenvalue weighted by molar-refractivity contribution is 5.95. The Balaban J connectivity index is 1.78. The highest BCUT2D eigenvalue weighted by Crippen LogP contribution is 2.36. The van der Waals surface area contributed by atoms with Crippen molar-refractivity contribution < 1.29 is 9.53 Å². The maximum atomic E-state index is 13.3. The first kappa shape index (κ1) is 16.3. The fourth-order valence-electron chi connectivity index (χ4n) is 3.61. The summed E-state index contributed by atoms with van der Waals surface area (Å²) in [5.41, 5.74) is 4.19. The van der Waals surface area contributed by atoms with Gasteiger partial charge in [-0.05, 0) is 53.4 Å². The van der Waals surface area contributed by atoms with Crippen LogP contribution < -0.4 is 4.74 Å². The molecule has 0 radical (unpaired) electrons. The van der Waals surface area contributed by atoms with E-state index < -0.39 is 0 Å². The molecular formula is C22H20N2O2. The van der Waals surface area contributed by atoms with Crippen LogP contribution in [-0.4, -0.2) is 29.4 Å². The maximum Gasteiger partial charge on any atom is 0.254 e. The van der Waals surface area contributed by atoms with E-state index in [9.17, 15) is 4.79 Å². The molecule has 1 aliphatic rings. The zero-order chi connectivity index (χ0) is 17.9. The number of hydrogen-bond acceptors (Lipinski definition) is 3. The third-order valence-corrected chi connectivity index (χ3v) is 4.88. The monoisotopic (exact) mass is 344 g/mol. The van der Waals surface area contributed by atoms with Gasteiger partial charge in [-0.2, -0.15) is 0 Å². The Bertz CT molecular complexity index is 924. The molecule has 2 aromatic carbocycles. The third-order valence-electron chi connectivity index (χ3n) is 4.88. The summed E-state index contributed by atoms with van der Waals surface area (Å²) in [6.45, 7) is 0.681. The molecule has 0 saturated heterocycles. The SMILES string of the molecule is COc1cccc(C(=O)N2CCc3ccccc3C2c2ccncc2)c1. The van der Waals surface area contributed by atoms with Crippen molar-refractivity contribution in [1.82, 2.24) is 9.88 Å². The van der Waals surface area contributed by atoms with Crippen molar-refractivity contribution >= 4 is 5.91 Å². The van der Waals surface area contributed by atoms with Crippen LogP contribution in [0.4, 0.5) is 0 Å². The fourth-order valence-corrected chi connectivity index (χ4v) is 3.61. The number of amides is 1. The van der Waals surface area contributed by atoms with Crippen LogP contribution in [0, 0.1) is 0 Å². The summed E-state index contributed by atoms with van der Waals surface area (Å²) in [5, 5.41) is 0. The van der Waals surface area contributed by atoms with E-state index in [2.05, 4.69) is 23.2 Å². The summed E-state index contributed by atoms with van der Waals surface area (Å²) in [7, 11) is 1.61.